The molecule has 2 heterocycles. The van der Waals surface area contributed by atoms with Crippen LogP contribution in [-0.2, 0) is 6.54 Å². The van der Waals surface area contributed by atoms with Gasteiger partial charge in [-0.15, -0.1) is 5.10 Å². The van der Waals surface area contributed by atoms with Gasteiger partial charge in [0.05, 0.1) is 12.8 Å². The normalized spacial score (nSPS) is 10.6. The highest BCUT2D eigenvalue weighted by molar-refractivity contribution is 5.81. The molecule has 0 aliphatic heterocycles. The largest absolute Gasteiger partial charge is 0.492 e. The molecule has 6 nitrogen and oxygen atoms in total. The van der Waals surface area contributed by atoms with Gasteiger partial charge in [0.2, 0.25) is 0 Å². The van der Waals surface area contributed by atoms with Crippen molar-refractivity contribution in [2.45, 2.75) is 13.5 Å². The summed E-state index contributed by atoms with van der Waals surface area (Å²) in [6, 6.07) is 11.3. The molecule has 2 aromatic heterocycles. The third-order valence-electron chi connectivity index (χ3n) is 3.22. The third-order valence-corrected chi connectivity index (χ3v) is 3.22. The molecule has 3 aromatic rings. The van der Waals surface area contributed by atoms with Crippen molar-refractivity contribution in [1.29, 1.82) is 0 Å². The van der Waals surface area contributed by atoms with E-state index in [1.54, 1.807) is 23.1 Å². The Morgan fingerprint density at radius 1 is 1.27 bits per heavy atom. The second kappa shape index (κ2) is 6.26. The quantitative estimate of drug-likeness (QED) is 0.654. The predicted octanol–water partition coefficient (Wildman–Crippen LogP) is 2.74. The smallest absolute Gasteiger partial charge is 0.172 e. The molecule has 112 valence electrons. The number of carbonyl (C=O) groups is 1. The van der Waals surface area contributed by atoms with Crippen molar-refractivity contribution in [1.82, 2.24) is 15.0 Å². The van der Waals surface area contributed by atoms with Gasteiger partial charge in [-0.1, -0.05) is 22.9 Å². The van der Waals surface area contributed by atoms with Crippen LogP contribution in [0.25, 0.3) is 11.5 Å². The predicted molar refractivity (Wildman–Crippen MR) is 79.8 cm³/mol. The van der Waals surface area contributed by atoms with E-state index in [1.165, 1.54) is 5.56 Å². The average molecular weight is 297 g/mol. The van der Waals surface area contributed by atoms with Crippen LogP contribution < -0.4 is 4.74 Å². The van der Waals surface area contributed by atoms with Crippen molar-refractivity contribution in [3.63, 3.8) is 0 Å². The highest BCUT2D eigenvalue weighted by Crippen LogP contribution is 2.21. The van der Waals surface area contributed by atoms with Crippen molar-refractivity contribution in [3.8, 4) is 17.2 Å². The molecule has 0 fully saturated rings. The first-order valence-electron chi connectivity index (χ1n) is 6.90. The fourth-order valence-electron chi connectivity index (χ4n) is 2.11. The van der Waals surface area contributed by atoms with E-state index in [4.69, 9.17) is 9.15 Å². The fourth-order valence-corrected chi connectivity index (χ4v) is 2.11. The van der Waals surface area contributed by atoms with Crippen LogP contribution in [0.4, 0.5) is 0 Å². The number of aromatic nitrogens is 3. The maximum atomic E-state index is 11.1. The molecule has 1 aromatic carbocycles. The molecule has 0 N–H and O–H groups in total. The zero-order chi connectivity index (χ0) is 15.4. The van der Waals surface area contributed by atoms with Gasteiger partial charge < -0.3 is 9.15 Å². The Morgan fingerprint density at radius 2 is 2.09 bits per heavy atom. The number of aryl methyl sites for hydroxylation is 1. The summed E-state index contributed by atoms with van der Waals surface area (Å²) < 4.78 is 12.6. The van der Waals surface area contributed by atoms with E-state index in [-0.39, 0.29) is 5.69 Å². The van der Waals surface area contributed by atoms with Crippen LogP contribution in [0.3, 0.4) is 0 Å². The summed E-state index contributed by atoms with van der Waals surface area (Å²) in [7, 11) is 0. The number of hydrogen-bond donors (Lipinski definition) is 0. The molecule has 0 radical (unpaired) electrons. The number of rotatable bonds is 6. The Morgan fingerprint density at radius 3 is 2.77 bits per heavy atom. The lowest BCUT2D eigenvalue weighted by molar-refractivity contribution is 0.111. The van der Waals surface area contributed by atoms with E-state index in [1.807, 2.05) is 31.2 Å². The molecule has 0 unspecified atom stereocenters. The molecule has 0 bridgehead atoms. The van der Waals surface area contributed by atoms with Gasteiger partial charge >= 0.3 is 0 Å². The molecular formula is C16H15N3O3. The molecule has 0 amide bonds. The van der Waals surface area contributed by atoms with Crippen LogP contribution in [0.1, 0.15) is 16.1 Å². The Bertz CT molecular complexity index is 746. The second-order valence-corrected chi connectivity index (χ2v) is 4.80. The maximum absolute atomic E-state index is 11.1. The lowest BCUT2D eigenvalue weighted by Crippen LogP contribution is -2.11. The summed E-state index contributed by atoms with van der Waals surface area (Å²) >= 11 is 0. The lowest BCUT2D eigenvalue weighted by atomic mass is 10.2. The molecule has 0 spiro atoms. The van der Waals surface area contributed by atoms with Gasteiger partial charge in [0, 0.05) is 0 Å². The van der Waals surface area contributed by atoms with Gasteiger partial charge in [0.1, 0.15) is 18.1 Å². The number of carbonyl (C=O) groups excluding carboxylic acids is 1. The maximum Gasteiger partial charge on any atom is 0.172 e. The number of nitrogens with zero attached hydrogens (tertiary/aromatic N) is 3. The Labute approximate surface area is 127 Å². The van der Waals surface area contributed by atoms with Gasteiger partial charge in [-0.05, 0) is 31.2 Å². The molecule has 3 rings (SSSR count). The minimum atomic E-state index is 0.255. The molecule has 6 heteroatoms. The molecule has 0 saturated carbocycles. The minimum Gasteiger partial charge on any atom is -0.492 e. The molecule has 0 aliphatic rings. The average Bonchev–Trinajstić information content (AvgIpc) is 3.17. The Balaban J connectivity index is 1.72. The van der Waals surface area contributed by atoms with Crippen LogP contribution in [0.15, 0.2) is 47.1 Å². The standard InChI is InChI=1S/C16H15N3O3/c1-12-4-6-13(7-5-12)21-10-8-19-16(14(11-20)17-18-19)15-3-2-9-22-15/h2-7,9,11H,8,10H2,1H3. The topological polar surface area (TPSA) is 70.2 Å². The lowest BCUT2D eigenvalue weighted by Gasteiger charge is -2.08. The molecule has 0 saturated heterocycles. The summed E-state index contributed by atoms with van der Waals surface area (Å²) in [5.74, 6) is 1.35. The molecule has 0 atom stereocenters. The zero-order valence-electron chi connectivity index (χ0n) is 12.1. The Hall–Kier alpha value is -2.89. The first-order valence-corrected chi connectivity index (χ1v) is 6.90. The summed E-state index contributed by atoms with van der Waals surface area (Å²) in [6.07, 6.45) is 2.21. The van der Waals surface area contributed by atoms with Crippen LogP contribution >= 0.6 is 0 Å². The van der Waals surface area contributed by atoms with E-state index >= 15 is 0 Å². The third kappa shape index (κ3) is 2.90. The van der Waals surface area contributed by atoms with Gasteiger partial charge in [-0.2, -0.15) is 0 Å². The monoisotopic (exact) mass is 297 g/mol. The van der Waals surface area contributed by atoms with Crippen molar-refractivity contribution in [2.75, 3.05) is 6.61 Å². The summed E-state index contributed by atoms with van der Waals surface area (Å²) in [5, 5.41) is 7.84. The minimum absolute atomic E-state index is 0.255. The summed E-state index contributed by atoms with van der Waals surface area (Å²) in [5.41, 5.74) is 2.00. The SMILES string of the molecule is Cc1ccc(OCCn2nnc(C=O)c2-c2ccco2)cc1. The van der Waals surface area contributed by atoms with Gasteiger partial charge in [-0.25, -0.2) is 4.68 Å². The van der Waals surface area contributed by atoms with Crippen molar-refractivity contribution < 1.29 is 13.9 Å². The second-order valence-electron chi connectivity index (χ2n) is 4.80. The van der Waals surface area contributed by atoms with Gasteiger partial charge in [0.15, 0.2) is 17.7 Å². The van der Waals surface area contributed by atoms with Crippen molar-refractivity contribution >= 4 is 6.29 Å². The highest BCUT2D eigenvalue weighted by Gasteiger charge is 2.16. The molecule has 22 heavy (non-hydrogen) atoms. The first kappa shape index (κ1) is 14.1. The molecule has 0 aliphatic carbocycles. The Kier molecular flexibility index (Phi) is 4.00. The first-order chi connectivity index (χ1) is 10.8. The van der Waals surface area contributed by atoms with Crippen LogP contribution in [-0.4, -0.2) is 27.9 Å². The summed E-state index contributed by atoms with van der Waals surface area (Å²) in [4.78, 5) is 11.1. The van der Waals surface area contributed by atoms with E-state index in [9.17, 15) is 4.79 Å². The van der Waals surface area contributed by atoms with Crippen molar-refractivity contribution in [3.05, 3.63) is 53.9 Å². The number of hydrogen-bond acceptors (Lipinski definition) is 5. The van der Waals surface area contributed by atoms with Gasteiger partial charge in [0.25, 0.3) is 0 Å². The van der Waals surface area contributed by atoms with E-state index < -0.39 is 0 Å². The van der Waals surface area contributed by atoms with Crippen LogP contribution in [0.5, 0.6) is 5.75 Å². The van der Waals surface area contributed by atoms with Crippen molar-refractivity contribution in [2.24, 2.45) is 0 Å². The number of ether oxygens (including phenoxy) is 1. The van der Waals surface area contributed by atoms with Gasteiger partial charge in [-0.3, -0.25) is 4.79 Å². The van der Waals surface area contributed by atoms with Crippen LogP contribution in [0.2, 0.25) is 0 Å². The van der Waals surface area contributed by atoms with E-state index in [0.717, 1.165) is 5.75 Å². The fraction of sp³-hybridized carbons (Fsp3) is 0.188. The number of furan rings is 1. The van der Waals surface area contributed by atoms with E-state index in [0.29, 0.717) is 30.9 Å². The zero-order valence-corrected chi connectivity index (χ0v) is 12.1. The number of benzene rings is 1. The van der Waals surface area contributed by atoms with E-state index in [2.05, 4.69) is 10.3 Å². The van der Waals surface area contributed by atoms with Crippen LogP contribution in [0, 0.1) is 6.92 Å². The molecular weight excluding hydrogens is 282 g/mol. The summed E-state index contributed by atoms with van der Waals surface area (Å²) in [6.45, 7) is 2.90. The number of aldehydes is 1. The highest BCUT2D eigenvalue weighted by atomic mass is 16.5.